The molecule has 0 aliphatic carbocycles. The molecule has 2 aromatic carbocycles. The van der Waals surface area contributed by atoms with E-state index in [0.717, 1.165) is 11.1 Å². The second-order valence-corrected chi connectivity index (χ2v) is 7.21. The van der Waals surface area contributed by atoms with Crippen LogP contribution in [0.1, 0.15) is 23.6 Å². The highest BCUT2D eigenvalue weighted by molar-refractivity contribution is 7.96. The maximum Gasteiger partial charge on any atom is 0.210 e. The first kappa shape index (κ1) is 16.2. The zero-order valence-corrected chi connectivity index (χ0v) is 13.6. The van der Waals surface area contributed by atoms with Crippen LogP contribution in [0, 0.1) is 13.8 Å². The summed E-state index contributed by atoms with van der Waals surface area (Å²) in [6, 6.07) is 13.8. The zero-order valence-electron chi connectivity index (χ0n) is 12.8. The molecule has 0 amide bonds. The maximum absolute atomic E-state index is 12.7. The van der Waals surface area contributed by atoms with Crippen LogP contribution in [0.2, 0.25) is 0 Å². The largest absolute Gasteiger partial charge is 0.294 e. The first-order valence-corrected chi connectivity index (χ1v) is 8.40. The Morgan fingerprint density at radius 2 is 1.32 bits per heavy atom. The van der Waals surface area contributed by atoms with Crippen molar-refractivity contribution >= 4 is 21.7 Å². The van der Waals surface area contributed by atoms with Crippen LogP contribution in [-0.2, 0) is 14.6 Å². The highest BCUT2D eigenvalue weighted by Crippen LogP contribution is 2.23. The summed E-state index contributed by atoms with van der Waals surface area (Å²) in [5.74, 6) is -0.471. The van der Waals surface area contributed by atoms with Gasteiger partial charge in [0, 0.05) is 0 Å². The van der Waals surface area contributed by atoms with Gasteiger partial charge in [-0.3, -0.25) is 4.79 Å². The third-order valence-electron chi connectivity index (χ3n) is 3.34. The molecule has 0 heterocycles. The molecule has 0 saturated carbocycles. The fraction of sp³-hybridized carbons (Fsp3) is 0.167. The van der Waals surface area contributed by atoms with E-state index in [9.17, 15) is 13.2 Å². The van der Waals surface area contributed by atoms with Gasteiger partial charge in [-0.2, -0.15) is 0 Å². The monoisotopic (exact) mass is 314 g/mol. The molecule has 2 aromatic rings. The molecule has 0 aliphatic heterocycles. The number of sulfone groups is 1. The smallest absolute Gasteiger partial charge is 0.210 e. The fourth-order valence-corrected chi connectivity index (χ4v) is 3.44. The topological polar surface area (TPSA) is 51.2 Å². The van der Waals surface area contributed by atoms with E-state index in [1.165, 1.54) is 25.1 Å². The number of allylic oxidation sites excluding steroid dienone is 1. The molecule has 0 aliphatic rings. The van der Waals surface area contributed by atoms with E-state index in [1.54, 1.807) is 24.3 Å². The van der Waals surface area contributed by atoms with Crippen molar-refractivity contribution < 1.29 is 13.2 Å². The van der Waals surface area contributed by atoms with E-state index >= 15 is 0 Å². The molecular formula is C18H18O3S. The Balaban J connectivity index is 2.53. The van der Waals surface area contributed by atoms with Crippen molar-refractivity contribution in [2.24, 2.45) is 0 Å². The van der Waals surface area contributed by atoms with E-state index in [4.69, 9.17) is 0 Å². The highest BCUT2D eigenvalue weighted by atomic mass is 32.2. The van der Waals surface area contributed by atoms with Crippen LogP contribution in [0.25, 0.3) is 6.08 Å². The van der Waals surface area contributed by atoms with Crippen LogP contribution in [0.3, 0.4) is 0 Å². The van der Waals surface area contributed by atoms with Crippen molar-refractivity contribution in [1.82, 2.24) is 0 Å². The second-order valence-electron chi connectivity index (χ2n) is 5.29. The zero-order chi connectivity index (χ0) is 16.3. The fourth-order valence-electron chi connectivity index (χ4n) is 2.03. The predicted molar refractivity (Wildman–Crippen MR) is 88.2 cm³/mol. The van der Waals surface area contributed by atoms with Gasteiger partial charge in [0.1, 0.15) is 4.91 Å². The number of rotatable bonds is 4. The van der Waals surface area contributed by atoms with Crippen molar-refractivity contribution in [2.75, 3.05) is 0 Å². The van der Waals surface area contributed by atoms with Gasteiger partial charge in [-0.25, -0.2) is 8.42 Å². The standard InChI is InChI=1S/C18H18O3S/c1-13-4-8-16(9-5-13)12-18(15(3)19)22(20,21)17-10-6-14(2)7-11-17/h4-12H,1-3H3/b18-12-. The van der Waals surface area contributed by atoms with E-state index in [2.05, 4.69) is 0 Å². The normalized spacial score (nSPS) is 12.2. The minimum atomic E-state index is -3.81. The highest BCUT2D eigenvalue weighted by Gasteiger charge is 2.24. The average molecular weight is 314 g/mol. The summed E-state index contributed by atoms with van der Waals surface area (Å²) < 4.78 is 25.3. The van der Waals surface area contributed by atoms with Gasteiger partial charge in [-0.05, 0) is 44.5 Å². The van der Waals surface area contributed by atoms with Crippen molar-refractivity contribution in [1.29, 1.82) is 0 Å². The van der Waals surface area contributed by atoms with E-state index in [-0.39, 0.29) is 9.80 Å². The molecule has 0 unspecified atom stereocenters. The second kappa shape index (κ2) is 6.28. The van der Waals surface area contributed by atoms with Gasteiger partial charge in [-0.15, -0.1) is 0 Å². The Morgan fingerprint density at radius 1 is 0.864 bits per heavy atom. The van der Waals surface area contributed by atoms with E-state index in [1.807, 2.05) is 26.0 Å². The van der Waals surface area contributed by atoms with Crippen molar-refractivity contribution in [3.05, 3.63) is 70.1 Å². The Morgan fingerprint density at radius 3 is 1.77 bits per heavy atom. The summed E-state index contributed by atoms with van der Waals surface area (Å²) in [4.78, 5) is 11.8. The summed E-state index contributed by atoms with van der Waals surface area (Å²) >= 11 is 0. The number of aryl methyl sites for hydroxylation is 2. The van der Waals surface area contributed by atoms with Crippen LogP contribution in [0.5, 0.6) is 0 Å². The van der Waals surface area contributed by atoms with Crippen LogP contribution in [-0.4, -0.2) is 14.2 Å². The molecule has 22 heavy (non-hydrogen) atoms. The van der Waals surface area contributed by atoms with Crippen LogP contribution in [0.15, 0.2) is 58.3 Å². The molecule has 114 valence electrons. The average Bonchev–Trinajstić information content (AvgIpc) is 2.46. The van der Waals surface area contributed by atoms with Gasteiger partial charge in [0.15, 0.2) is 5.78 Å². The van der Waals surface area contributed by atoms with Crippen molar-refractivity contribution in [2.45, 2.75) is 25.7 Å². The van der Waals surface area contributed by atoms with Gasteiger partial charge in [0.25, 0.3) is 0 Å². The van der Waals surface area contributed by atoms with Gasteiger partial charge in [0.2, 0.25) is 9.84 Å². The number of benzene rings is 2. The van der Waals surface area contributed by atoms with Gasteiger partial charge in [0.05, 0.1) is 4.90 Å². The SMILES string of the molecule is CC(=O)/C(=C/c1ccc(C)cc1)S(=O)(=O)c1ccc(C)cc1. The Hall–Kier alpha value is -2.20. The number of carbonyl (C=O) groups excluding carboxylic acids is 1. The molecule has 0 N–H and O–H groups in total. The van der Waals surface area contributed by atoms with E-state index < -0.39 is 15.6 Å². The van der Waals surface area contributed by atoms with Crippen molar-refractivity contribution in [3.8, 4) is 0 Å². The predicted octanol–water partition coefficient (Wildman–Crippen LogP) is 3.71. The first-order valence-electron chi connectivity index (χ1n) is 6.92. The number of hydrogen-bond acceptors (Lipinski definition) is 3. The molecule has 3 nitrogen and oxygen atoms in total. The number of ketones is 1. The Kier molecular flexibility index (Phi) is 4.62. The minimum Gasteiger partial charge on any atom is -0.294 e. The number of carbonyl (C=O) groups is 1. The van der Waals surface area contributed by atoms with Gasteiger partial charge < -0.3 is 0 Å². The number of hydrogen-bond donors (Lipinski definition) is 0. The quantitative estimate of drug-likeness (QED) is 0.808. The Bertz CT molecular complexity index is 812. The van der Waals surface area contributed by atoms with Gasteiger partial charge in [-0.1, -0.05) is 47.5 Å². The summed E-state index contributed by atoms with van der Waals surface area (Å²) in [7, 11) is -3.81. The number of Topliss-reactive ketones (excluding diaryl/α,β-unsaturated/α-hetero) is 1. The van der Waals surface area contributed by atoms with E-state index in [0.29, 0.717) is 5.56 Å². The summed E-state index contributed by atoms with van der Waals surface area (Å²) in [6.07, 6.45) is 1.43. The molecule has 0 bridgehead atoms. The summed E-state index contributed by atoms with van der Waals surface area (Å²) in [5.41, 5.74) is 2.72. The minimum absolute atomic E-state index is 0.131. The maximum atomic E-state index is 12.7. The third-order valence-corrected chi connectivity index (χ3v) is 5.22. The summed E-state index contributed by atoms with van der Waals surface area (Å²) in [5, 5.41) is 0. The first-order chi connectivity index (χ1) is 10.3. The lowest BCUT2D eigenvalue weighted by atomic mass is 10.1. The van der Waals surface area contributed by atoms with Crippen LogP contribution in [0.4, 0.5) is 0 Å². The van der Waals surface area contributed by atoms with Crippen LogP contribution < -0.4 is 0 Å². The molecule has 0 aromatic heterocycles. The van der Waals surface area contributed by atoms with Crippen LogP contribution >= 0.6 is 0 Å². The molecular weight excluding hydrogens is 296 g/mol. The summed E-state index contributed by atoms with van der Waals surface area (Å²) in [6.45, 7) is 5.10. The van der Waals surface area contributed by atoms with Crippen molar-refractivity contribution in [3.63, 3.8) is 0 Å². The molecule has 0 saturated heterocycles. The Labute approximate surface area is 131 Å². The lowest BCUT2D eigenvalue weighted by molar-refractivity contribution is -0.112. The molecule has 0 radical (unpaired) electrons. The molecule has 0 spiro atoms. The molecule has 0 fully saturated rings. The van der Waals surface area contributed by atoms with Gasteiger partial charge >= 0.3 is 0 Å². The molecule has 2 rings (SSSR count). The lowest BCUT2D eigenvalue weighted by Gasteiger charge is -2.07. The molecule has 4 heteroatoms. The third kappa shape index (κ3) is 3.52. The molecule has 0 atom stereocenters. The lowest BCUT2D eigenvalue weighted by Crippen LogP contribution is -2.11.